The summed E-state index contributed by atoms with van der Waals surface area (Å²) < 4.78 is 13.0. The first-order chi connectivity index (χ1) is 19.0. The van der Waals surface area contributed by atoms with Crippen molar-refractivity contribution in [3.8, 4) is 5.75 Å². The van der Waals surface area contributed by atoms with Gasteiger partial charge in [0.1, 0.15) is 12.4 Å². The molecule has 0 spiro atoms. The second kappa shape index (κ2) is 12.2. The number of rotatable bonds is 9. The van der Waals surface area contributed by atoms with Gasteiger partial charge in [0.25, 0.3) is 0 Å². The highest BCUT2D eigenvalue weighted by atomic mass is 16.6. The summed E-state index contributed by atoms with van der Waals surface area (Å²) in [5.41, 5.74) is 3.99. The normalized spacial score (nSPS) is 15.0. The highest BCUT2D eigenvalue weighted by Gasteiger charge is 2.27. The number of carbonyl (C=O) groups is 1. The molecule has 39 heavy (non-hydrogen) atoms. The topological polar surface area (TPSA) is 79.8 Å². The molecule has 1 N–H and O–H groups in total. The summed E-state index contributed by atoms with van der Waals surface area (Å²) in [4.78, 5) is 32.6. The maximum atomic E-state index is 13.0. The SMILES string of the molecule is COc1cccc(CN(Cc2ccccc2)C(C)COC(=O)N2CCC(n3c(=O)[nH]c4ccccc43)CC2)c1. The number of amides is 1. The molecule has 0 saturated carbocycles. The zero-order valence-corrected chi connectivity index (χ0v) is 22.6. The van der Waals surface area contributed by atoms with E-state index in [0.717, 1.165) is 28.9 Å². The molecule has 8 nitrogen and oxygen atoms in total. The van der Waals surface area contributed by atoms with Crippen molar-refractivity contribution in [2.75, 3.05) is 26.8 Å². The molecule has 2 heterocycles. The number of H-pyrrole nitrogens is 1. The van der Waals surface area contributed by atoms with Gasteiger partial charge >= 0.3 is 11.8 Å². The highest BCUT2D eigenvalue weighted by Crippen LogP contribution is 2.25. The van der Waals surface area contributed by atoms with E-state index in [2.05, 4.69) is 35.0 Å². The van der Waals surface area contributed by atoms with E-state index >= 15 is 0 Å². The van der Waals surface area contributed by atoms with Gasteiger partial charge in [0.15, 0.2) is 0 Å². The minimum absolute atomic E-state index is 0.00249. The molecule has 3 aromatic carbocycles. The van der Waals surface area contributed by atoms with Crippen LogP contribution in [-0.4, -0.2) is 58.3 Å². The van der Waals surface area contributed by atoms with E-state index < -0.39 is 0 Å². The fourth-order valence-electron chi connectivity index (χ4n) is 5.32. The summed E-state index contributed by atoms with van der Waals surface area (Å²) in [5, 5.41) is 0. The van der Waals surface area contributed by atoms with Gasteiger partial charge in [-0.3, -0.25) is 9.47 Å². The molecule has 204 valence electrons. The first-order valence-corrected chi connectivity index (χ1v) is 13.5. The van der Waals surface area contributed by atoms with E-state index in [9.17, 15) is 9.59 Å². The minimum atomic E-state index is -0.299. The lowest BCUT2D eigenvalue weighted by atomic mass is 10.0. The van der Waals surface area contributed by atoms with Crippen molar-refractivity contribution >= 4 is 17.1 Å². The van der Waals surface area contributed by atoms with Crippen molar-refractivity contribution in [2.45, 2.75) is 44.9 Å². The number of carbonyl (C=O) groups excluding carboxylic acids is 1. The van der Waals surface area contributed by atoms with Crippen LogP contribution in [0.25, 0.3) is 11.0 Å². The standard InChI is InChI=1S/C31H36N4O4/c1-23(34(20-24-9-4-3-5-10-24)21-25-11-8-12-27(19-25)38-2)22-39-31(37)33-17-15-26(16-18-33)35-29-14-7-6-13-28(29)32-30(35)36/h3-14,19,23,26H,15-18,20-22H2,1-2H3,(H,32,36). The number of benzene rings is 3. The summed E-state index contributed by atoms with van der Waals surface area (Å²) in [6.45, 7) is 4.93. The van der Waals surface area contributed by atoms with Gasteiger partial charge in [0.05, 0.1) is 18.1 Å². The Balaban J connectivity index is 1.19. The van der Waals surface area contributed by atoms with Crippen molar-refractivity contribution in [1.29, 1.82) is 0 Å². The summed E-state index contributed by atoms with van der Waals surface area (Å²) in [5.74, 6) is 0.824. The van der Waals surface area contributed by atoms with Crippen LogP contribution >= 0.6 is 0 Å². The van der Waals surface area contributed by atoms with E-state index in [1.165, 1.54) is 5.56 Å². The molecule has 1 aromatic heterocycles. The zero-order valence-electron chi connectivity index (χ0n) is 22.6. The third kappa shape index (κ3) is 6.34. The van der Waals surface area contributed by atoms with Crippen molar-refractivity contribution < 1.29 is 14.3 Å². The van der Waals surface area contributed by atoms with Gasteiger partial charge in [0.2, 0.25) is 0 Å². The average Bonchev–Trinajstić information content (AvgIpc) is 3.31. The van der Waals surface area contributed by atoms with E-state index in [4.69, 9.17) is 9.47 Å². The first-order valence-electron chi connectivity index (χ1n) is 13.5. The smallest absolute Gasteiger partial charge is 0.409 e. The fraction of sp³-hybridized carbons (Fsp3) is 0.355. The molecule has 1 unspecified atom stereocenters. The molecule has 1 fully saturated rings. The molecule has 1 atom stereocenters. The second-order valence-electron chi connectivity index (χ2n) is 10.2. The van der Waals surface area contributed by atoms with Gasteiger partial charge < -0.3 is 19.4 Å². The van der Waals surface area contributed by atoms with Gasteiger partial charge in [-0.1, -0.05) is 54.6 Å². The number of aromatic amines is 1. The Morgan fingerprint density at radius 3 is 2.44 bits per heavy atom. The number of imidazole rings is 1. The third-order valence-corrected chi connectivity index (χ3v) is 7.53. The number of nitrogens with zero attached hydrogens (tertiary/aromatic N) is 3. The Labute approximate surface area is 228 Å². The van der Waals surface area contributed by atoms with Gasteiger partial charge in [-0.15, -0.1) is 0 Å². The molecular weight excluding hydrogens is 492 g/mol. The average molecular weight is 529 g/mol. The van der Waals surface area contributed by atoms with E-state index in [1.54, 1.807) is 12.0 Å². The zero-order chi connectivity index (χ0) is 27.2. The number of hydrogen-bond acceptors (Lipinski definition) is 5. The van der Waals surface area contributed by atoms with Crippen LogP contribution in [-0.2, 0) is 17.8 Å². The van der Waals surface area contributed by atoms with Gasteiger partial charge in [0, 0.05) is 38.3 Å². The Hall–Kier alpha value is -4.04. The molecular formula is C31H36N4O4. The van der Waals surface area contributed by atoms with Crippen LogP contribution in [0.3, 0.4) is 0 Å². The number of nitrogens with one attached hydrogen (secondary N) is 1. The molecule has 0 radical (unpaired) electrons. The van der Waals surface area contributed by atoms with Crippen molar-refractivity contribution in [3.63, 3.8) is 0 Å². The predicted octanol–water partition coefficient (Wildman–Crippen LogP) is 5.20. The van der Waals surface area contributed by atoms with Crippen LogP contribution < -0.4 is 10.4 Å². The largest absolute Gasteiger partial charge is 0.497 e. The lowest BCUT2D eigenvalue weighted by Crippen LogP contribution is -2.42. The highest BCUT2D eigenvalue weighted by molar-refractivity contribution is 5.75. The van der Waals surface area contributed by atoms with Crippen LogP contribution in [0.5, 0.6) is 5.75 Å². The summed E-state index contributed by atoms with van der Waals surface area (Å²) in [6, 6.07) is 26.2. The molecule has 1 amide bonds. The van der Waals surface area contributed by atoms with Gasteiger partial charge in [-0.25, -0.2) is 9.59 Å². The number of hydrogen-bond donors (Lipinski definition) is 1. The molecule has 1 saturated heterocycles. The number of piperidine rings is 1. The summed E-state index contributed by atoms with van der Waals surface area (Å²) in [7, 11) is 1.67. The third-order valence-electron chi connectivity index (χ3n) is 7.53. The van der Waals surface area contributed by atoms with Gasteiger partial charge in [-0.2, -0.15) is 0 Å². The van der Waals surface area contributed by atoms with Gasteiger partial charge in [-0.05, 0) is 55.2 Å². The summed E-state index contributed by atoms with van der Waals surface area (Å²) >= 11 is 0. The molecule has 5 rings (SSSR count). The van der Waals surface area contributed by atoms with Crippen LogP contribution in [0.1, 0.15) is 36.9 Å². The van der Waals surface area contributed by atoms with Crippen molar-refractivity contribution in [3.05, 3.63) is 100 Å². The first kappa shape index (κ1) is 26.6. The van der Waals surface area contributed by atoms with Crippen molar-refractivity contribution in [1.82, 2.24) is 19.4 Å². The Morgan fingerprint density at radius 2 is 1.67 bits per heavy atom. The monoisotopic (exact) mass is 528 g/mol. The van der Waals surface area contributed by atoms with E-state index in [0.29, 0.717) is 32.5 Å². The minimum Gasteiger partial charge on any atom is -0.497 e. The predicted molar refractivity (Wildman–Crippen MR) is 152 cm³/mol. The number of aromatic nitrogens is 2. The number of ether oxygens (including phenoxy) is 2. The number of fused-ring (bicyclic) bond motifs is 1. The maximum Gasteiger partial charge on any atom is 0.409 e. The molecule has 1 aliphatic rings. The van der Waals surface area contributed by atoms with Crippen LogP contribution in [0.15, 0.2) is 83.7 Å². The van der Waals surface area contributed by atoms with Crippen LogP contribution in [0.2, 0.25) is 0 Å². The maximum absolute atomic E-state index is 13.0. The number of para-hydroxylation sites is 2. The second-order valence-corrected chi connectivity index (χ2v) is 10.2. The fourth-order valence-corrected chi connectivity index (χ4v) is 5.32. The van der Waals surface area contributed by atoms with Crippen LogP contribution in [0, 0.1) is 0 Å². The number of likely N-dealkylation sites (tertiary alicyclic amines) is 1. The molecule has 0 aliphatic carbocycles. The molecule has 0 bridgehead atoms. The lowest BCUT2D eigenvalue weighted by molar-refractivity contribution is 0.0567. The van der Waals surface area contributed by atoms with E-state index in [-0.39, 0.29) is 30.5 Å². The molecule has 4 aromatic rings. The summed E-state index contributed by atoms with van der Waals surface area (Å²) in [6.07, 6.45) is 1.12. The molecule has 8 heteroatoms. The Morgan fingerprint density at radius 1 is 0.974 bits per heavy atom. The lowest BCUT2D eigenvalue weighted by Gasteiger charge is -2.33. The Bertz CT molecular complexity index is 1440. The van der Waals surface area contributed by atoms with Crippen LogP contribution in [0.4, 0.5) is 4.79 Å². The Kier molecular flexibility index (Phi) is 8.32. The van der Waals surface area contributed by atoms with Crippen molar-refractivity contribution in [2.24, 2.45) is 0 Å². The quantitative estimate of drug-likeness (QED) is 0.323. The number of methoxy groups -OCH3 is 1. The molecule has 1 aliphatic heterocycles. The van der Waals surface area contributed by atoms with E-state index in [1.807, 2.05) is 65.2 Å².